The van der Waals surface area contributed by atoms with Gasteiger partial charge in [0.1, 0.15) is 17.2 Å². The Kier molecular flexibility index (Phi) is 11.2. The second kappa shape index (κ2) is 13.8. The number of ether oxygens (including phenoxy) is 3. The fourth-order valence-electron chi connectivity index (χ4n) is 3.53. The second-order valence-electron chi connectivity index (χ2n) is 9.62. The Hall–Kier alpha value is -2.75. The van der Waals surface area contributed by atoms with Crippen molar-refractivity contribution >= 4 is 11.9 Å². The van der Waals surface area contributed by atoms with Crippen molar-refractivity contribution in [2.75, 3.05) is 19.8 Å². The minimum atomic E-state index is -0.136. The van der Waals surface area contributed by atoms with Gasteiger partial charge in [0.25, 0.3) is 0 Å². The van der Waals surface area contributed by atoms with Gasteiger partial charge in [-0.3, -0.25) is 4.79 Å². The maximum Gasteiger partial charge on any atom is 0.185 e. The molecule has 0 saturated heterocycles. The molecule has 4 nitrogen and oxygen atoms in total. The molecule has 0 spiro atoms. The van der Waals surface area contributed by atoms with Gasteiger partial charge < -0.3 is 14.2 Å². The van der Waals surface area contributed by atoms with Gasteiger partial charge in [-0.15, -0.1) is 0 Å². The lowest BCUT2D eigenvalue weighted by Gasteiger charge is -2.26. The molecule has 0 atom stereocenters. The van der Waals surface area contributed by atoms with E-state index in [-0.39, 0.29) is 11.2 Å². The predicted octanol–water partition coefficient (Wildman–Crippen LogP) is 8.03. The monoisotopic (exact) mass is 466 g/mol. The predicted molar refractivity (Wildman–Crippen MR) is 142 cm³/mol. The van der Waals surface area contributed by atoms with Gasteiger partial charge in [0.05, 0.1) is 19.8 Å². The van der Waals surface area contributed by atoms with Crippen molar-refractivity contribution in [1.82, 2.24) is 0 Å². The molecule has 0 aliphatic carbocycles. The lowest BCUT2D eigenvalue weighted by Crippen LogP contribution is -2.17. The molecule has 2 aromatic carbocycles. The fourth-order valence-corrected chi connectivity index (χ4v) is 3.53. The van der Waals surface area contributed by atoms with Gasteiger partial charge in [-0.05, 0) is 72.7 Å². The number of carbonyl (C=O) groups is 1. The second-order valence-corrected chi connectivity index (χ2v) is 9.62. The lowest BCUT2D eigenvalue weighted by atomic mass is 9.84. The summed E-state index contributed by atoms with van der Waals surface area (Å²) < 4.78 is 18.0. The Morgan fingerprint density at radius 1 is 0.794 bits per heavy atom. The molecule has 0 fully saturated rings. The zero-order chi connectivity index (χ0) is 25.0. The van der Waals surface area contributed by atoms with Crippen molar-refractivity contribution in [1.29, 1.82) is 0 Å². The largest absolute Gasteiger partial charge is 0.494 e. The maximum atomic E-state index is 12.8. The molecule has 2 aromatic rings. The highest BCUT2D eigenvalue weighted by molar-refractivity contribution is 6.06. The molecule has 0 aliphatic rings. The van der Waals surface area contributed by atoms with Crippen LogP contribution in [0.15, 0.2) is 42.5 Å². The molecular weight excluding hydrogens is 424 g/mol. The van der Waals surface area contributed by atoms with E-state index in [1.54, 1.807) is 18.2 Å². The summed E-state index contributed by atoms with van der Waals surface area (Å²) in [5.74, 6) is 2.39. The van der Waals surface area contributed by atoms with Crippen molar-refractivity contribution in [2.24, 2.45) is 0 Å². The Morgan fingerprint density at radius 2 is 1.35 bits per heavy atom. The van der Waals surface area contributed by atoms with E-state index in [1.807, 2.05) is 30.3 Å². The van der Waals surface area contributed by atoms with Crippen LogP contribution >= 0.6 is 0 Å². The maximum absolute atomic E-state index is 12.8. The molecule has 0 amide bonds. The highest BCUT2D eigenvalue weighted by atomic mass is 16.5. The number of carbonyl (C=O) groups excluding carboxylic acids is 1. The lowest BCUT2D eigenvalue weighted by molar-refractivity contribution is 0.104. The quantitative estimate of drug-likeness (QED) is 0.161. The Labute approximate surface area is 206 Å². The van der Waals surface area contributed by atoms with Crippen LogP contribution in [0, 0.1) is 0 Å². The number of rotatable bonds is 14. The summed E-state index contributed by atoms with van der Waals surface area (Å²) in [5.41, 5.74) is 2.46. The minimum Gasteiger partial charge on any atom is -0.494 e. The number of ketones is 1. The highest BCUT2D eigenvalue weighted by Gasteiger charge is 2.25. The van der Waals surface area contributed by atoms with E-state index in [0.717, 1.165) is 60.5 Å². The van der Waals surface area contributed by atoms with E-state index >= 15 is 0 Å². The van der Waals surface area contributed by atoms with Gasteiger partial charge in [-0.1, -0.05) is 60.5 Å². The van der Waals surface area contributed by atoms with Crippen LogP contribution in [0.2, 0.25) is 0 Å². The Morgan fingerprint density at radius 3 is 1.82 bits per heavy atom. The summed E-state index contributed by atoms with van der Waals surface area (Å²) in [7, 11) is 0. The first-order valence-electron chi connectivity index (χ1n) is 12.7. The number of hydrogen-bond donors (Lipinski definition) is 0. The molecular formula is C30H42O4. The third kappa shape index (κ3) is 8.55. The SMILES string of the molecule is CCCCOc1cc(/C=C/C(=O)c2ccc(OCCC)cc2)cc(OCCCC)c1C(C)(C)C. The molecule has 0 saturated carbocycles. The van der Waals surface area contributed by atoms with E-state index in [2.05, 4.69) is 41.5 Å². The van der Waals surface area contributed by atoms with Crippen LogP contribution in [-0.2, 0) is 5.41 Å². The molecule has 34 heavy (non-hydrogen) atoms. The fraction of sp³-hybridized carbons (Fsp3) is 0.500. The first-order valence-corrected chi connectivity index (χ1v) is 12.7. The van der Waals surface area contributed by atoms with Crippen molar-refractivity contribution < 1.29 is 19.0 Å². The van der Waals surface area contributed by atoms with Gasteiger partial charge in [0.2, 0.25) is 0 Å². The average molecular weight is 467 g/mol. The summed E-state index contributed by atoms with van der Waals surface area (Å²) in [4.78, 5) is 12.8. The van der Waals surface area contributed by atoms with Crippen LogP contribution in [0.5, 0.6) is 17.2 Å². The molecule has 0 aliphatic heterocycles. The van der Waals surface area contributed by atoms with Gasteiger partial charge in [-0.25, -0.2) is 0 Å². The number of allylic oxidation sites excluding steroid dienone is 1. The van der Waals surface area contributed by atoms with E-state index in [4.69, 9.17) is 14.2 Å². The first-order chi connectivity index (χ1) is 16.3. The highest BCUT2D eigenvalue weighted by Crippen LogP contribution is 2.40. The van der Waals surface area contributed by atoms with Crippen LogP contribution < -0.4 is 14.2 Å². The number of hydrogen-bond acceptors (Lipinski definition) is 4. The van der Waals surface area contributed by atoms with E-state index in [0.29, 0.717) is 25.4 Å². The van der Waals surface area contributed by atoms with Gasteiger partial charge in [-0.2, -0.15) is 0 Å². The van der Waals surface area contributed by atoms with Crippen LogP contribution in [-0.4, -0.2) is 25.6 Å². The zero-order valence-corrected chi connectivity index (χ0v) is 21.9. The topological polar surface area (TPSA) is 44.8 Å². The molecule has 0 bridgehead atoms. The van der Waals surface area contributed by atoms with E-state index < -0.39 is 0 Å². The molecule has 0 heterocycles. The molecule has 0 unspecified atom stereocenters. The van der Waals surface area contributed by atoms with E-state index in [9.17, 15) is 4.79 Å². The van der Waals surface area contributed by atoms with Crippen LogP contribution in [0.1, 0.15) is 95.1 Å². The summed E-state index contributed by atoms with van der Waals surface area (Å²) in [6.45, 7) is 14.9. The third-order valence-corrected chi connectivity index (χ3v) is 5.39. The Balaban J connectivity index is 2.32. The van der Waals surface area contributed by atoms with Crippen LogP contribution in [0.3, 0.4) is 0 Å². The van der Waals surface area contributed by atoms with Crippen molar-refractivity contribution in [3.05, 3.63) is 59.2 Å². The molecule has 0 radical (unpaired) electrons. The molecule has 0 N–H and O–H groups in total. The number of unbranched alkanes of at least 4 members (excludes halogenated alkanes) is 2. The smallest absolute Gasteiger partial charge is 0.185 e. The van der Waals surface area contributed by atoms with Crippen LogP contribution in [0.25, 0.3) is 6.08 Å². The van der Waals surface area contributed by atoms with Gasteiger partial charge >= 0.3 is 0 Å². The molecule has 0 aromatic heterocycles. The van der Waals surface area contributed by atoms with Gasteiger partial charge in [0.15, 0.2) is 5.78 Å². The van der Waals surface area contributed by atoms with Gasteiger partial charge in [0, 0.05) is 11.1 Å². The van der Waals surface area contributed by atoms with Crippen molar-refractivity contribution in [3.63, 3.8) is 0 Å². The Bertz CT molecular complexity index is 889. The van der Waals surface area contributed by atoms with E-state index in [1.165, 1.54) is 0 Å². The zero-order valence-electron chi connectivity index (χ0n) is 21.9. The standard InChI is InChI=1S/C30H42O4/c1-7-10-19-33-27-21-23(22-28(34-20-11-8-2)29(27)30(4,5)6)12-17-26(31)24-13-15-25(16-14-24)32-18-9-3/h12-17,21-22H,7-11,18-20H2,1-6H3/b17-12+. The average Bonchev–Trinajstić information content (AvgIpc) is 2.81. The summed E-state index contributed by atoms with van der Waals surface area (Å²) in [6, 6.07) is 11.3. The molecule has 2 rings (SSSR count). The summed E-state index contributed by atoms with van der Waals surface area (Å²) >= 11 is 0. The molecule has 4 heteroatoms. The molecule has 186 valence electrons. The summed E-state index contributed by atoms with van der Waals surface area (Å²) in [5, 5.41) is 0. The first kappa shape index (κ1) is 27.5. The van der Waals surface area contributed by atoms with Crippen molar-refractivity contribution in [3.8, 4) is 17.2 Å². The number of benzene rings is 2. The third-order valence-electron chi connectivity index (χ3n) is 5.39. The normalized spacial score (nSPS) is 11.6. The minimum absolute atomic E-state index is 0.0520. The summed E-state index contributed by atoms with van der Waals surface area (Å²) in [6.07, 6.45) is 8.53. The van der Waals surface area contributed by atoms with Crippen LogP contribution in [0.4, 0.5) is 0 Å². The van der Waals surface area contributed by atoms with Crippen molar-refractivity contribution in [2.45, 2.75) is 79.1 Å².